The molecule has 5 heteroatoms. The van der Waals surface area contributed by atoms with E-state index in [-0.39, 0.29) is 6.42 Å². The normalized spacial score (nSPS) is 14.5. The fraction of sp³-hybridized carbons (Fsp3) is 0.778. The molecule has 14 heavy (non-hydrogen) atoms. The molecule has 0 aliphatic heterocycles. The van der Waals surface area contributed by atoms with Gasteiger partial charge in [0.15, 0.2) is 0 Å². The Balaban J connectivity index is 3.88. The summed E-state index contributed by atoms with van der Waals surface area (Å²) in [6.07, 6.45) is 0.838. The lowest BCUT2D eigenvalue weighted by molar-refractivity contribution is -0.146. The highest BCUT2D eigenvalue weighted by Gasteiger charge is 2.21. The van der Waals surface area contributed by atoms with Crippen LogP contribution in [-0.2, 0) is 14.3 Å². The predicted molar refractivity (Wildman–Crippen MR) is 50.6 cm³/mol. The molecular formula is C9H17NO4. The number of rotatable bonds is 6. The highest BCUT2D eigenvalue weighted by Crippen LogP contribution is 2.05. The smallest absolute Gasteiger partial charge is 0.322 e. The summed E-state index contributed by atoms with van der Waals surface area (Å²) in [7, 11) is 0. The van der Waals surface area contributed by atoms with Gasteiger partial charge in [-0.05, 0) is 12.8 Å². The second kappa shape index (κ2) is 6.37. The summed E-state index contributed by atoms with van der Waals surface area (Å²) < 4.78 is 4.78. The van der Waals surface area contributed by atoms with Crippen LogP contribution < -0.4 is 5.73 Å². The highest BCUT2D eigenvalue weighted by atomic mass is 16.5. The van der Waals surface area contributed by atoms with Crippen molar-refractivity contribution >= 4 is 11.9 Å². The molecule has 0 aliphatic carbocycles. The van der Waals surface area contributed by atoms with E-state index in [2.05, 4.69) is 0 Å². The van der Waals surface area contributed by atoms with Crippen LogP contribution in [0.25, 0.3) is 0 Å². The molecule has 0 saturated carbocycles. The molecule has 0 bridgehead atoms. The van der Waals surface area contributed by atoms with Gasteiger partial charge in [-0.2, -0.15) is 0 Å². The molecule has 82 valence electrons. The van der Waals surface area contributed by atoms with Gasteiger partial charge in [0.25, 0.3) is 0 Å². The molecule has 0 radical (unpaired) electrons. The first kappa shape index (κ1) is 12.9. The van der Waals surface area contributed by atoms with Crippen molar-refractivity contribution in [3.05, 3.63) is 0 Å². The summed E-state index contributed by atoms with van der Waals surface area (Å²) in [5.74, 6) is -2.11. The minimum Gasteiger partial charge on any atom is -0.481 e. The minimum atomic E-state index is -0.955. The maximum Gasteiger partial charge on any atom is 0.322 e. The Hall–Kier alpha value is -1.10. The molecule has 0 aromatic rings. The van der Waals surface area contributed by atoms with Gasteiger partial charge in [-0.1, -0.05) is 13.8 Å². The van der Waals surface area contributed by atoms with E-state index in [4.69, 9.17) is 15.6 Å². The van der Waals surface area contributed by atoms with Crippen molar-refractivity contribution in [2.75, 3.05) is 6.61 Å². The summed E-state index contributed by atoms with van der Waals surface area (Å²) in [5.41, 5.74) is 5.46. The molecule has 0 spiro atoms. The lowest BCUT2D eigenvalue weighted by Crippen LogP contribution is -2.35. The number of ether oxygens (including phenoxy) is 1. The van der Waals surface area contributed by atoms with Crippen molar-refractivity contribution in [1.29, 1.82) is 0 Å². The maximum absolute atomic E-state index is 11.1. The second-order valence-electron chi connectivity index (χ2n) is 3.25. The monoisotopic (exact) mass is 203 g/mol. The summed E-state index contributed by atoms with van der Waals surface area (Å²) in [5, 5.41) is 8.58. The third-order valence-corrected chi connectivity index (χ3v) is 1.78. The Morgan fingerprint density at radius 3 is 2.50 bits per heavy atom. The lowest BCUT2D eigenvalue weighted by Gasteiger charge is -2.13. The Bertz CT molecular complexity index is 205. The summed E-state index contributed by atoms with van der Waals surface area (Å²) >= 11 is 0. The van der Waals surface area contributed by atoms with E-state index in [0.717, 1.165) is 6.42 Å². The quantitative estimate of drug-likeness (QED) is 0.609. The van der Waals surface area contributed by atoms with E-state index in [1.807, 2.05) is 6.92 Å². The van der Waals surface area contributed by atoms with Crippen LogP contribution in [0.4, 0.5) is 0 Å². The number of hydrogen-bond acceptors (Lipinski definition) is 4. The number of carbonyl (C=O) groups excluding carboxylic acids is 1. The molecule has 0 heterocycles. The number of carboxylic acid groups (broad SMARTS) is 1. The average molecular weight is 203 g/mol. The molecule has 3 N–H and O–H groups in total. The first-order valence-corrected chi connectivity index (χ1v) is 4.64. The van der Waals surface area contributed by atoms with Crippen LogP contribution in [0.2, 0.25) is 0 Å². The first-order valence-electron chi connectivity index (χ1n) is 4.64. The zero-order valence-electron chi connectivity index (χ0n) is 8.53. The third-order valence-electron chi connectivity index (χ3n) is 1.78. The zero-order valence-corrected chi connectivity index (χ0v) is 8.53. The molecule has 0 saturated heterocycles. The molecule has 2 unspecified atom stereocenters. The average Bonchev–Trinajstić information content (AvgIpc) is 2.13. The topological polar surface area (TPSA) is 89.6 Å². The number of aliphatic carboxylic acids is 1. The van der Waals surface area contributed by atoms with Crippen LogP contribution in [0.1, 0.15) is 26.7 Å². The molecule has 0 fully saturated rings. The van der Waals surface area contributed by atoms with Crippen molar-refractivity contribution in [3.63, 3.8) is 0 Å². The van der Waals surface area contributed by atoms with Crippen molar-refractivity contribution in [1.82, 2.24) is 0 Å². The van der Waals surface area contributed by atoms with Gasteiger partial charge in [0.2, 0.25) is 0 Å². The van der Waals surface area contributed by atoms with Crippen LogP contribution in [0.3, 0.4) is 0 Å². The Labute approximate surface area is 83.2 Å². The van der Waals surface area contributed by atoms with Crippen LogP contribution >= 0.6 is 0 Å². The summed E-state index contributed by atoms with van der Waals surface area (Å²) in [6, 6.07) is -0.840. The van der Waals surface area contributed by atoms with Crippen LogP contribution in [0, 0.1) is 5.92 Å². The molecular weight excluding hydrogens is 186 g/mol. The summed E-state index contributed by atoms with van der Waals surface area (Å²) in [6.45, 7) is 3.71. The molecule has 0 rings (SSSR count). The van der Waals surface area contributed by atoms with Gasteiger partial charge < -0.3 is 15.6 Å². The fourth-order valence-electron chi connectivity index (χ4n) is 0.888. The second-order valence-corrected chi connectivity index (χ2v) is 3.25. The highest BCUT2D eigenvalue weighted by molar-refractivity contribution is 5.77. The van der Waals surface area contributed by atoms with Crippen LogP contribution in [0.5, 0.6) is 0 Å². The fourth-order valence-corrected chi connectivity index (χ4v) is 0.888. The SMILES string of the molecule is CCCOC(=O)C(N)CC(C)C(=O)O. The van der Waals surface area contributed by atoms with Gasteiger partial charge in [-0.3, -0.25) is 9.59 Å². The predicted octanol–water partition coefficient (Wildman–Crippen LogP) is 0.378. The van der Waals surface area contributed by atoms with Crippen molar-refractivity contribution in [3.8, 4) is 0 Å². The van der Waals surface area contributed by atoms with E-state index in [1.165, 1.54) is 6.92 Å². The molecule has 0 amide bonds. The van der Waals surface area contributed by atoms with Crippen LogP contribution in [0.15, 0.2) is 0 Å². The molecule has 0 aliphatic rings. The van der Waals surface area contributed by atoms with E-state index in [1.54, 1.807) is 0 Å². The van der Waals surface area contributed by atoms with Gasteiger partial charge >= 0.3 is 11.9 Å². The Morgan fingerprint density at radius 2 is 2.07 bits per heavy atom. The standard InChI is InChI=1S/C9H17NO4/c1-3-4-14-9(13)7(10)5-6(2)8(11)12/h6-7H,3-5,10H2,1-2H3,(H,11,12). The number of nitrogens with two attached hydrogens (primary N) is 1. The first-order chi connectivity index (χ1) is 6.49. The van der Waals surface area contributed by atoms with E-state index in [0.29, 0.717) is 6.61 Å². The van der Waals surface area contributed by atoms with Gasteiger partial charge in [0.05, 0.1) is 12.5 Å². The number of hydrogen-bond donors (Lipinski definition) is 2. The van der Waals surface area contributed by atoms with Gasteiger partial charge in [-0.25, -0.2) is 0 Å². The lowest BCUT2D eigenvalue weighted by atomic mass is 10.0. The van der Waals surface area contributed by atoms with Crippen molar-refractivity contribution in [2.24, 2.45) is 11.7 Å². The molecule has 2 atom stereocenters. The largest absolute Gasteiger partial charge is 0.481 e. The van der Waals surface area contributed by atoms with Gasteiger partial charge in [0, 0.05) is 0 Å². The minimum absolute atomic E-state index is 0.109. The van der Waals surface area contributed by atoms with E-state index in [9.17, 15) is 9.59 Å². The maximum atomic E-state index is 11.1. The summed E-state index contributed by atoms with van der Waals surface area (Å²) in [4.78, 5) is 21.6. The number of esters is 1. The molecule has 0 aromatic heterocycles. The Kier molecular flexibility index (Phi) is 5.87. The third kappa shape index (κ3) is 4.81. The zero-order chi connectivity index (χ0) is 11.1. The van der Waals surface area contributed by atoms with Crippen molar-refractivity contribution < 1.29 is 19.4 Å². The van der Waals surface area contributed by atoms with Gasteiger partial charge in [-0.15, -0.1) is 0 Å². The number of carboxylic acids is 1. The molecule has 0 aromatic carbocycles. The number of carbonyl (C=O) groups is 2. The Morgan fingerprint density at radius 1 is 1.50 bits per heavy atom. The molecule has 5 nitrogen and oxygen atoms in total. The van der Waals surface area contributed by atoms with Crippen LogP contribution in [-0.4, -0.2) is 29.7 Å². The van der Waals surface area contributed by atoms with Gasteiger partial charge in [0.1, 0.15) is 6.04 Å². The van der Waals surface area contributed by atoms with E-state index >= 15 is 0 Å². The van der Waals surface area contributed by atoms with Crippen molar-refractivity contribution in [2.45, 2.75) is 32.7 Å². The van der Waals surface area contributed by atoms with E-state index < -0.39 is 23.9 Å².